The van der Waals surface area contributed by atoms with Crippen LogP contribution in [0, 0.1) is 6.92 Å². The summed E-state index contributed by atoms with van der Waals surface area (Å²) < 4.78 is 4.95. The molecule has 4 heteroatoms. The van der Waals surface area contributed by atoms with E-state index in [1.165, 1.54) is 12.8 Å². The van der Waals surface area contributed by atoms with Crippen LogP contribution < -0.4 is 0 Å². The number of rotatable bonds is 6. The van der Waals surface area contributed by atoms with Crippen LogP contribution in [0.1, 0.15) is 53.5 Å². The lowest BCUT2D eigenvalue weighted by atomic mass is 10.2. The van der Waals surface area contributed by atoms with Crippen LogP contribution in [-0.2, 0) is 11.2 Å². The predicted molar refractivity (Wildman–Crippen MR) is 66.0 cm³/mol. The second kappa shape index (κ2) is 6.63. The number of hydrogen-bond acceptors (Lipinski definition) is 4. The molecule has 0 saturated carbocycles. The number of nitrogens with zero attached hydrogens (tertiary/aromatic N) is 1. The van der Waals surface area contributed by atoms with Gasteiger partial charge in [-0.05, 0) is 26.7 Å². The fraction of sp³-hybridized carbons (Fsp3) is 0.667. The van der Waals surface area contributed by atoms with Crippen molar-refractivity contribution in [2.45, 2.75) is 46.5 Å². The molecular formula is C12H19NO2S. The Morgan fingerprint density at radius 3 is 2.75 bits per heavy atom. The topological polar surface area (TPSA) is 39.2 Å². The first-order valence-electron chi connectivity index (χ1n) is 5.82. The quantitative estimate of drug-likeness (QED) is 0.566. The Morgan fingerprint density at radius 1 is 1.38 bits per heavy atom. The Hall–Kier alpha value is -0.900. The van der Waals surface area contributed by atoms with Gasteiger partial charge in [0, 0.05) is 4.88 Å². The normalized spacial score (nSPS) is 10.4. The first-order chi connectivity index (χ1) is 7.69. The summed E-state index contributed by atoms with van der Waals surface area (Å²) >= 11 is 1.61. The zero-order chi connectivity index (χ0) is 12.0. The predicted octanol–water partition coefficient (Wildman–Crippen LogP) is 3.36. The van der Waals surface area contributed by atoms with Crippen LogP contribution in [0.25, 0.3) is 0 Å². The van der Waals surface area contributed by atoms with Crippen LogP contribution in [0.5, 0.6) is 0 Å². The van der Waals surface area contributed by atoms with Gasteiger partial charge in [0.25, 0.3) is 0 Å². The molecule has 0 amide bonds. The fourth-order valence-electron chi connectivity index (χ4n) is 1.47. The van der Waals surface area contributed by atoms with Gasteiger partial charge in [0.15, 0.2) is 5.69 Å². The molecule has 0 aliphatic heterocycles. The zero-order valence-electron chi connectivity index (χ0n) is 10.2. The van der Waals surface area contributed by atoms with Gasteiger partial charge in [0.1, 0.15) is 0 Å². The van der Waals surface area contributed by atoms with Crippen molar-refractivity contribution in [3.63, 3.8) is 0 Å². The fourth-order valence-corrected chi connectivity index (χ4v) is 2.44. The molecule has 1 aromatic heterocycles. The van der Waals surface area contributed by atoms with Crippen molar-refractivity contribution in [3.8, 4) is 0 Å². The van der Waals surface area contributed by atoms with Crippen molar-refractivity contribution >= 4 is 17.3 Å². The minimum absolute atomic E-state index is 0.294. The van der Waals surface area contributed by atoms with E-state index in [-0.39, 0.29) is 5.97 Å². The van der Waals surface area contributed by atoms with Crippen LogP contribution in [0.4, 0.5) is 0 Å². The summed E-state index contributed by atoms with van der Waals surface area (Å²) in [7, 11) is 0. The highest BCUT2D eigenvalue weighted by molar-refractivity contribution is 7.11. The van der Waals surface area contributed by atoms with E-state index >= 15 is 0 Å². The van der Waals surface area contributed by atoms with Gasteiger partial charge >= 0.3 is 5.97 Å². The van der Waals surface area contributed by atoms with Crippen molar-refractivity contribution in [1.29, 1.82) is 0 Å². The minimum Gasteiger partial charge on any atom is -0.461 e. The summed E-state index contributed by atoms with van der Waals surface area (Å²) in [5, 5.41) is 1.05. The Labute approximate surface area is 101 Å². The van der Waals surface area contributed by atoms with Crippen LogP contribution in [0.2, 0.25) is 0 Å². The molecule has 1 aromatic rings. The second-order valence-electron chi connectivity index (χ2n) is 3.69. The largest absolute Gasteiger partial charge is 0.461 e. The van der Waals surface area contributed by atoms with E-state index in [4.69, 9.17) is 4.74 Å². The smallest absolute Gasteiger partial charge is 0.358 e. The van der Waals surface area contributed by atoms with E-state index in [1.807, 2.05) is 13.8 Å². The average molecular weight is 241 g/mol. The Kier molecular flexibility index (Phi) is 5.46. The second-order valence-corrected chi connectivity index (χ2v) is 4.98. The SMILES string of the molecule is CCCCCc1nc(C(=O)OCC)c(C)s1. The van der Waals surface area contributed by atoms with Gasteiger partial charge in [-0.3, -0.25) is 0 Å². The van der Waals surface area contributed by atoms with E-state index in [0.717, 1.165) is 22.7 Å². The summed E-state index contributed by atoms with van der Waals surface area (Å²) in [6, 6.07) is 0. The number of hydrogen-bond donors (Lipinski definition) is 0. The summed E-state index contributed by atoms with van der Waals surface area (Å²) in [6.45, 7) is 6.31. The third kappa shape index (κ3) is 3.59. The number of thiazole rings is 1. The van der Waals surface area contributed by atoms with Crippen LogP contribution in [0.3, 0.4) is 0 Å². The molecule has 0 aliphatic rings. The molecule has 0 spiro atoms. The van der Waals surface area contributed by atoms with Crippen molar-refractivity contribution in [3.05, 3.63) is 15.6 Å². The van der Waals surface area contributed by atoms with E-state index in [2.05, 4.69) is 11.9 Å². The molecule has 16 heavy (non-hydrogen) atoms. The van der Waals surface area contributed by atoms with Gasteiger partial charge in [-0.15, -0.1) is 11.3 Å². The number of unbranched alkanes of at least 4 members (excludes halogenated alkanes) is 2. The molecule has 0 N–H and O–H groups in total. The molecule has 0 bridgehead atoms. The van der Waals surface area contributed by atoms with E-state index in [9.17, 15) is 4.79 Å². The van der Waals surface area contributed by atoms with E-state index in [1.54, 1.807) is 11.3 Å². The number of ether oxygens (including phenoxy) is 1. The van der Waals surface area contributed by atoms with Crippen LogP contribution >= 0.6 is 11.3 Å². The maximum atomic E-state index is 11.5. The maximum absolute atomic E-state index is 11.5. The molecule has 0 aromatic carbocycles. The Balaban J connectivity index is 2.62. The number of carbonyl (C=O) groups excluding carboxylic acids is 1. The van der Waals surface area contributed by atoms with Crippen molar-refractivity contribution in [2.75, 3.05) is 6.61 Å². The Bertz CT molecular complexity index is 347. The molecule has 3 nitrogen and oxygen atoms in total. The van der Waals surface area contributed by atoms with Gasteiger partial charge < -0.3 is 4.74 Å². The molecule has 0 radical (unpaired) electrons. The van der Waals surface area contributed by atoms with Gasteiger partial charge in [0.05, 0.1) is 11.6 Å². The number of esters is 1. The molecule has 90 valence electrons. The lowest BCUT2D eigenvalue weighted by Gasteiger charge is -1.98. The molecular weight excluding hydrogens is 222 g/mol. The lowest BCUT2D eigenvalue weighted by Crippen LogP contribution is -2.06. The standard InChI is InChI=1S/C12H19NO2S/c1-4-6-7-8-10-13-11(9(3)16-10)12(14)15-5-2/h4-8H2,1-3H3. The van der Waals surface area contributed by atoms with Crippen molar-refractivity contribution in [2.24, 2.45) is 0 Å². The van der Waals surface area contributed by atoms with Gasteiger partial charge in [-0.1, -0.05) is 19.8 Å². The first-order valence-corrected chi connectivity index (χ1v) is 6.64. The van der Waals surface area contributed by atoms with E-state index in [0.29, 0.717) is 12.3 Å². The molecule has 0 aliphatic carbocycles. The molecule has 0 atom stereocenters. The van der Waals surface area contributed by atoms with Gasteiger partial charge in [-0.25, -0.2) is 9.78 Å². The molecule has 0 unspecified atom stereocenters. The number of aromatic nitrogens is 1. The lowest BCUT2D eigenvalue weighted by molar-refractivity contribution is 0.0519. The third-order valence-corrected chi connectivity index (χ3v) is 3.33. The highest BCUT2D eigenvalue weighted by Gasteiger charge is 2.15. The average Bonchev–Trinajstić information content (AvgIpc) is 2.61. The minimum atomic E-state index is -0.294. The third-order valence-electron chi connectivity index (χ3n) is 2.30. The highest BCUT2D eigenvalue weighted by atomic mass is 32.1. The summed E-state index contributed by atoms with van der Waals surface area (Å²) in [6.07, 6.45) is 4.53. The first kappa shape index (κ1) is 13.2. The molecule has 1 heterocycles. The van der Waals surface area contributed by atoms with Gasteiger partial charge in [-0.2, -0.15) is 0 Å². The van der Waals surface area contributed by atoms with Gasteiger partial charge in [0.2, 0.25) is 0 Å². The number of aryl methyl sites for hydroxylation is 2. The molecule has 0 fully saturated rings. The zero-order valence-corrected chi connectivity index (χ0v) is 11.0. The highest BCUT2D eigenvalue weighted by Crippen LogP contribution is 2.20. The van der Waals surface area contributed by atoms with Crippen molar-refractivity contribution < 1.29 is 9.53 Å². The summed E-state index contributed by atoms with van der Waals surface area (Å²) in [4.78, 5) is 16.8. The van der Waals surface area contributed by atoms with Crippen molar-refractivity contribution in [1.82, 2.24) is 4.98 Å². The molecule has 1 rings (SSSR count). The number of carbonyl (C=O) groups is 1. The van der Waals surface area contributed by atoms with E-state index < -0.39 is 0 Å². The van der Waals surface area contributed by atoms with Crippen LogP contribution in [0.15, 0.2) is 0 Å². The molecule has 0 saturated heterocycles. The van der Waals surface area contributed by atoms with Crippen LogP contribution in [-0.4, -0.2) is 17.6 Å². The monoisotopic (exact) mass is 241 g/mol. The summed E-state index contributed by atoms with van der Waals surface area (Å²) in [5.41, 5.74) is 0.498. The maximum Gasteiger partial charge on any atom is 0.358 e. The summed E-state index contributed by atoms with van der Waals surface area (Å²) in [5.74, 6) is -0.294. The Morgan fingerprint density at radius 2 is 2.12 bits per heavy atom.